The zero-order chi connectivity index (χ0) is 37.0. The third-order valence-corrected chi connectivity index (χ3v) is 7.70. The van der Waals surface area contributed by atoms with Gasteiger partial charge >= 0.3 is 17.9 Å². The van der Waals surface area contributed by atoms with Crippen LogP contribution in [0.25, 0.3) is 0 Å². The van der Waals surface area contributed by atoms with Crippen LogP contribution in [0.5, 0.6) is 17.2 Å². The first kappa shape index (κ1) is 39.1. The van der Waals surface area contributed by atoms with Crippen LogP contribution >= 0.6 is 0 Å². The molecule has 0 aromatic heterocycles. The number of esters is 3. The number of rotatable bonds is 18. The molecule has 266 valence electrons. The van der Waals surface area contributed by atoms with E-state index in [1.54, 1.807) is 20.8 Å². The minimum atomic E-state index is -0.622. The predicted molar refractivity (Wildman–Crippen MR) is 192 cm³/mol. The number of carbonyl (C=O) groups is 3. The molecule has 0 radical (unpaired) electrons. The van der Waals surface area contributed by atoms with Crippen LogP contribution in [0.15, 0.2) is 109 Å². The fourth-order valence-corrected chi connectivity index (χ4v) is 4.85. The van der Waals surface area contributed by atoms with E-state index in [4.69, 9.17) is 28.4 Å². The van der Waals surface area contributed by atoms with Crippen molar-refractivity contribution in [1.82, 2.24) is 0 Å². The van der Waals surface area contributed by atoms with E-state index in [9.17, 15) is 14.4 Å². The molecule has 0 saturated heterocycles. The lowest BCUT2D eigenvalue weighted by atomic mass is 9.71. The lowest BCUT2D eigenvalue weighted by molar-refractivity contribution is -0.141. The molecule has 0 saturated carbocycles. The van der Waals surface area contributed by atoms with Gasteiger partial charge in [0.05, 0.1) is 0 Å². The quantitative estimate of drug-likeness (QED) is 0.0577. The van der Waals surface area contributed by atoms with E-state index < -0.39 is 23.3 Å². The Labute approximate surface area is 295 Å². The minimum absolute atomic E-state index is 0.0951. The average Bonchev–Trinajstić information content (AvgIpc) is 3.08. The van der Waals surface area contributed by atoms with Crippen LogP contribution < -0.4 is 14.2 Å². The molecule has 0 spiro atoms. The SMILES string of the molecule is C=C(C)C(=O)OCC(C)Oc1ccc(C(C)(c2ccc(OC(C)COC(=O)C(=C)C)cc2)c2ccc(OC(C)COC(=O)C(=C)C)cc2)cc1. The molecular formula is C41H48O9. The topological polar surface area (TPSA) is 107 Å². The lowest BCUT2D eigenvalue weighted by Gasteiger charge is -2.32. The maximum Gasteiger partial charge on any atom is 0.333 e. The van der Waals surface area contributed by atoms with Crippen LogP contribution in [0.2, 0.25) is 0 Å². The summed E-state index contributed by atoms with van der Waals surface area (Å²) in [4.78, 5) is 35.4. The highest BCUT2D eigenvalue weighted by Crippen LogP contribution is 2.40. The van der Waals surface area contributed by atoms with Gasteiger partial charge in [-0.2, -0.15) is 0 Å². The highest BCUT2D eigenvalue weighted by molar-refractivity contribution is 5.87. The van der Waals surface area contributed by atoms with Crippen LogP contribution in [0.3, 0.4) is 0 Å². The number of hydrogen-bond acceptors (Lipinski definition) is 9. The molecule has 3 rings (SSSR count). The molecule has 0 bridgehead atoms. The zero-order valence-corrected chi connectivity index (χ0v) is 30.1. The molecule has 3 atom stereocenters. The molecular weight excluding hydrogens is 636 g/mol. The van der Waals surface area contributed by atoms with Crippen molar-refractivity contribution in [2.75, 3.05) is 19.8 Å². The highest BCUT2D eigenvalue weighted by Gasteiger charge is 2.32. The second-order valence-electron chi connectivity index (χ2n) is 12.6. The van der Waals surface area contributed by atoms with Crippen molar-refractivity contribution in [3.8, 4) is 17.2 Å². The van der Waals surface area contributed by atoms with E-state index in [1.165, 1.54) is 0 Å². The smallest absolute Gasteiger partial charge is 0.333 e. The van der Waals surface area contributed by atoms with Crippen molar-refractivity contribution in [1.29, 1.82) is 0 Å². The van der Waals surface area contributed by atoms with Gasteiger partial charge in [0.25, 0.3) is 0 Å². The molecule has 3 aromatic carbocycles. The van der Waals surface area contributed by atoms with Gasteiger partial charge in [-0.1, -0.05) is 56.1 Å². The molecule has 3 unspecified atom stereocenters. The van der Waals surface area contributed by atoms with Crippen LogP contribution in [0, 0.1) is 0 Å². The van der Waals surface area contributed by atoms with Crippen molar-refractivity contribution in [2.45, 2.75) is 72.2 Å². The van der Waals surface area contributed by atoms with Gasteiger partial charge in [0, 0.05) is 22.1 Å². The molecule has 0 heterocycles. The van der Waals surface area contributed by atoms with Crippen LogP contribution in [0.1, 0.15) is 65.2 Å². The average molecular weight is 685 g/mol. The van der Waals surface area contributed by atoms with Crippen molar-refractivity contribution in [2.24, 2.45) is 0 Å². The van der Waals surface area contributed by atoms with E-state index in [1.807, 2.05) is 93.6 Å². The summed E-state index contributed by atoms with van der Waals surface area (Å²) in [6.07, 6.45) is -1.10. The summed E-state index contributed by atoms with van der Waals surface area (Å²) in [7, 11) is 0. The summed E-state index contributed by atoms with van der Waals surface area (Å²) in [5.41, 5.74) is 3.35. The van der Waals surface area contributed by atoms with Gasteiger partial charge in [-0.25, -0.2) is 14.4 Å². The predicted octanol–water partition coefficient (Wildman–Crippen LogP) is 7.70. The Morgan fingerprint density at radius 1 is 0.500 bits per heavy atom. The van der Waals surface area contributed by atoms with Gasteiger partial charge < -0.3 is 28.4 Å². The summed E-state index contributed by atoms with van der Waals surface area (Å²) < 4.78 is 33.7. The van der Waals surface area contributed by atoms with Gasteiger partial charge in [-0.3, -0.25) is 0 Å². The van der Waals surface area contributed by atoms with Crippen molar-refractivity contribution in [3.63, 3.8) is 0 Å². The second kappa shape index (κ2) is 17.9. The summed E-state index contributed by atoms with van der Waals surface area (Å²) in [6.45, 7) is 23.5. The maximum absolute atomic E-state index is 11.8. The molecule has 0 aliphatic rings. The molecule has 0 N–H and O–H groups in total. The maximum atomic E-state index is 11.8. The van der Waals surface area contributed by atoms with Crippen LogP contribution in [-0.4, -0.2) is 56.0 Å². The first-order chi connectivity index (χ1) is 23.6. The summed E-state index contributed by atoms with van der Waals surface area (Å²) in [6, 6.07) is 23.4. The summed E-state index contributed by atoms with van der Waals surface area (Å²) in [5.74, 6) is 0.516. The standard InChI is InChI=1S/C41H48O9/c1-26(2)38(42)45-23-29(7)48-35-17-11-32(12-18-35)41(10,33-13-19-36(20-14-33)49-30(8)24-46-39(43)27(3)4)34-15-21-37(22-16-34)50-31(9)25-47-40(44)28(5)6/h11-22,29-31H,1,3,5,23-25H2,2,4,6-10H3. The van der Waals surface area contributed by atoms with Gasteiger partial charge in [0.15, 0.2) is 0 Å². The molecule has 0 aliphatic carbocycles. The Morgan fingerprint density at radius 3 is 0.920 bits per heavy atom. The Balaban J connectivity index is 1.86. The second-order valence-corrected chi connectivity index (χ2v) is 12.6. The van der Waals surface area contributed by atoms with E-state index in [0.29, 0.717) is 34.0 Å². The Morgan fingerprint density at radius 2 is 0.720 bits per heavy atom. The van der Waals surface area contributed by atoms with Gasteiger partial charge in [0.1, 0.15) is 55.4 Å². The van der Waals surface area contributed by atoms with Crippen LogP contribution in [-0.2, 0) is 34.0 Å². The van der Waals surface area contributed by atoms with Crippen LogP contribution in [0.4, 0.5) is 0 Å². The van der Waals surface area contributed by atoms with Crippen molar-refractivity contribution < 1.29 is 42.8 Å². The van der Waals surface area contributed by atoms with E-state index in [-0.39, 0.29) is 38.1 Å². The summed E-state index contributed by atoms with van der Waals surface area (Å²) in [5, 5.41) is 0. The van der Waals surface area contributed by atoms with Crippen molar-refractivity contribution in [3.05, 3.63) is 126 Å². The van der Waals surface area contributed by atoms with E-state index >= 15 is 0 Å². The van der Waals surface area contributed by atoms with Gasteiger partial charge in [-0.05, 0) is 102 Å². The fourth-order valence-electron chi connectivity index (χ4n) is 4.85. The minimum Gasteiger partial charge on any atom is -0.487 e. The monoisotopic (exact) mass is 684 g/mol. The third kappa shape index (κ3) is 11.1. The normalized spacial score (nSPS) is 13.7. The van der Waals surface area contributed by atoms with Gasteiger partial charge in [0.2, 0.25) is 0 Å². The van der Waals surface area contributed by atoms with E-state index in [2.05, 4.69) is 26.7 Å². The Kier molecular flexibility index (Phi) is 14.0. The highest BCUT2D eigenvalue weighted by atomic mass is 16.6. The summed E-state index contributed by atoms with van der Waals surface area (Å²) >= 11 is 0. The molecule has 9 nitrogen and oxygen atoms in total. The third-order valence-electron chi connectivity index (χ3n) is 7.70. The molecule has 0 amide bonds. The van der Waals surface area contributed by atoms with E-state index in [0.717, 1.165) is 16.7 Å². The number of benzene rings is 3. The molecule has 3 aromatic rings. The Bertz CT molecular complexity index is 1460. The molecule has 0 aliphatic heterocycles. The first-order valence-electron chi connectivity index (χ1n) is 16.4. The molecule has 0 fully saturated rings. The molecule has 50 heavy (non-hydrogen) atoms. The van der Waals surface area contributed by atoms with Crippen molar-refractivity contribution >= 4 is 17.9 Å². The largest absolute Gasteiger partial charge is 0.487 e. The van der Waals surface area contributed by atoms with Gasteiger partial charge in [-0.15, -0.1) is 0 Å². The first-order valence-corrected chi connectivity index (χ1v) is 16.4. The molecule has 9 heteroatoms. The zero-order valence-electron chi connectivity index (χ0n) is 30.1. The number of ether oxygens (including phenoxy) is 6. The number of hydrogen-bond donors (Lipinski definition) is 0. The fraction of sp³-hybridized carbons (Fsp3) is 0.341. The number of carbonyl (C=O) groups excluding carboxylic acids is 3. The lowest BCUT2D eigenvalue weighted by Crippen LogP contribution is -2.26. The Hall–Kier alpha value is -5.31.